The van der Waals surface area contributed by atoms with Crippen molar-refractivity contribution in [3.8, 4) is 0 Å². The first kappa shape index (κ1) is 11.9. The molecule has 16 heavy (non-hydrogen) atoms. The summed E-state index contributed by atoms with van der Waals surface area (Å²) in [5.41, 5.74) is 1.27. The van der Waals surface area contributed by atoms with Gasteiger partial charge >= 0.3 is 0 Å². The number of hydrogen-bond donors (Lipinski definition) is 1. The van der Waals surface area contributed by atoms with Gasteiger partial charge in [0.05, 0.1) is 9.83 Å². The van der Waals surface area contributed by atoms with Crippen molar-refractivity contribution in [1.82, 2.24) is 5.32 Å². The second kappa shape index (κ2) is 4.73. The van der Waals surface area contributed by atoms with Crippen molar-refractivity contribution in [3.63, 3.8) is 0 Å². The van der Waals surface area contributed by atoms with Gasteiger partial charge in [0.2, 0.25) is 0 Å². The van der Waals surface area contributed by atoms with E-state index in [9.17, 15) is 0 Å². The molecule has 0 saturated heterocycles. The summed E-state index contributed by atoms with van der Waals surface area (Å²) in [5, 5.41) is 3.29. The predicted octanol–water partition coefficient (Wildman–Crippen LogP) is 4.03. The van der Waals surface area contributed by atoms with E-state index in [1.165, 1.54) is 10.4 Å². The number of hydrogen-bond acceptors (Lipinski definition) is 3. The van der Waals surface area contributed by atoms with Gasteiger partial charge in [0.1, 0.15) is 11.5 Å². The van der Waals surface area contributed by atoms with Crippen molar-refractivity contribution in [2.45, 2.75) is 19.9 Å². The first-order valence-electron chi connectivity index (χ1n) is 5.11. The van der Waals surface area contributed by atoms with Crippen LogP contribution < -0.4 is 5.32 Å². The summed E-state index contributed by atoms with van der Waals surface area (Å²) in [5.74, 6) is 1.91. The number of thiophene rings is 1. The van der Waals surface area contributed by atoms with Gasteiger partial charge in [-0.25, -0.2) is 0 Å². The van der Waals surface area contributed by atoms with E-state index in [0.29, 0.717) is 0 Å². The van der Waals surface area contributed by atoms with Crippen molar-refractivity contribution in [2.24, 2.45) is 0 Å². The predicted molar refractivity (Wildman–Crippen MR) is 71.1 cm³/mol. The van der Waals surface area contributed by atoms with Crippen molar-refractivity contribution in [2.75, 3.05) is 7.05 Å². The molecule has 1 unspecified atom stereocenters. The Morgan fingerprint density at radius 2 is 2.12 bits per heavy atom. The highest BCUT2D eigenvalue weighted by Crippen LogP contribution is 2.33. The second-order valence-corrected chi connectivity index (χ2v) is 6.37. The molecule has 0 saturated carbocycles. The minimum atomic E-state index is 0.135. The highest BCUT2D eigenvalue weighted by Gasteiger charge is 2.19. The van der Waals surface area contributed by atoms with E-state index in [4.69, 9.17) is 4.42 Å². The van der Waals surface area contributed by atoms with Crippen LogP contribution in [0.3, 0.4) is 0 Å². The summed E-state index contributed by atoms with van der Waals surface area (Å²) in [7, 11) is 1.95. The van der Waals surface area contributed by atoms with Crippen molar-refractivity contribution >= 4 is 27.3 Å². The Balaban J connectivity index is 2.40. The molecule has 2 rings (SSSR count). The van der Waals surface area contributed by atoms with E-state index in [0.717, 1.165) is 15.3 Å². The SMILES string of the molecule is CNC(c1ccc(C)o1)c1cc(Br)sc1C. The Bertz CT molecular complexity index is 489. The normalized spacial score (nSPS) is 13.0. The largest absolute Gasteiger partial charge is 0.464 e. The van der Waals surface area contributed by atoms with Gasteiger partial charge in [-0.3, -0.25) is 0 Å². The van der Waals surface area contributed by atoms with Crippen LogP contribution in [0, 0.1) is 13.8 Å². The topological polar surface area (TPSA) is 25.2 Å². The monoisotopic (exact) mass is 299 g/mol. The average molecular weight is 300 g/mol. The lowest BCUT2D eigenvalue weighted by molar-refractivity contribution is 0.444. The van der Waals surface area contributed by atoms with Crippen LogP contribution in [0.4, 0.5) is 0 Å². The maximum absolute atomic E-state index is 5.68. The van der Waals surface area contributed by atoms with E-state index >= 15 is 0 Å². The zero-order valence-corrected chi connectivity index (χ0v) is 11.9. The number of rotatable bonds is 3. The minimum absolute atomic E-state index is 0.135. The highest BCUT2D eigenvalue weighted by molar-refractivity contribution is 9.11. The maximum Gasteiger partial charge on any atom is 0.125 e. The minimum Gasteiger partial charge on any atom is -0.464 e. The fourth-order valence-corrected chi connectivity index (χ4v) is 3.55. The third kappa shape index (κ3) is 2.24. The molecule has 0 aliphatic rings. The fourth-order valence-electron chi connectivity index (χ4n) is 1.80. The maximum atomic E-state index is 5.68. The van der Waals surface area contributed by atoms with Crippen molar-refractivity contribution in [1.29, 1.82) is 0 Å². The van der Waals surface area contributed by atoms with Gasteiger partial charge in [0.15, 0.2) is 0 Å². The molecule has 2 nitrogen and oxygen atoms in total. The molecule has 2 aromatic heterocycles. The van der Waals surface area contributed by atoms with E-state index in [-0.39, 0.29) is 6.04 Å². The van der Waals surface area contributed by atoms with Gasteiger partial charge in [-0.2, -0.15) is 0 Å². The molecule has 86 valence electrons. The second-order valence-electron chi connectivity index (χ2n) is 3.73. The van der Waals surface area contributed by atoms with E-state index < -0.39 is 0 Å². The van der Waals surface area contributed by atoms with Gasteiger partial charge in [-0.05, 0) is 60.6 Å². The van der Waals surface area contributed by atoms with Crippen LogP contribution in [0.2, 0.25) is 0 Å². The first-order valence-corrected chi connectivity index (χ1v) is 6.72. The molecule has 2 aromatic rings. The lowest BCUT2D eigenvalue weighted by Gasteiger charge is -2.13. The molecule has 0 aliphatic heterocycles. The number of nitrogens with one attached hydrogen (secondary N) is 1. The van der Waals surface area contributed by atoms with Crippen molar-refractivity contribution < 1.29 is 4.42 Å². The van der Waals surface area contributed by atoms with Gasteiger partial charge < -0.3 is 9.73 Å². The summed E-state index contributed by atoms with van der Waals surface area (Å²) in [4.78, 5) is 1.31. The first-order chi connectivity index (χ1) is 7.61. The molecule has 0 radical (unpaired) electrons. The summed E-state index contributed by atoms with van der Waals surface area (Å²) >= 11 is 5.27. The Kier molecular flexibility index (Phi) is 3.52. The quantitative estimate of drug-likeness (QED) is 0.926. The van der Waals surface area contributed by atoms with Crippen LogP contribution in [0.25, 0.3) is 0 Å². The smallest absolute Gasteiger partial charge is 0.125 e. The Hall–Kier alpha value is -0.580. The Morgan fingerprint density at radius 3 is 2.56 bits per heavy atom. The summed E-state index contributed by atoms with van der Waals surface area (Å²) in [6, 6.07) is 6.31. The molecule has 2 heterocycles. The Labute approximate surface area is 108 Å². The molecule has 0 aliphatic carbocycles. The average Bonchev–Trinajstić information content (AvgIpc) is 2.76. The van der Waals surface area contributed by atoms with E-state index in [1.807, 2.05) is 26.1 Å². The summed E-state index contributed by atoms with van der Waals surface area (Å²) in [6.45, 7) is 4.09. The molecular formula is C12H14BrNOS. The number of furan rings is 1. The van der Waals surface area contributed by atoms with Crippen LogP contribution in [-0.4, -0.2) is 7.05 Å². The standard InChI is InChI=1S/C12H14BrNOS/c1-7-4-5-10(15-7)12(14-3)9-6-11(13)16-8(9)2/h4-6,12,14H,1-3H3. The zero-order valence-electron chi connectivity index (χ0n) is 9.50. The molecule has 0 spiro atoms. The molecule has 0 amide bonds. The molecule has 0 bridgehead atoms. The molecule has 1 N–H and O–H groups in total. The van der Waals surface area contributed by atoms with Crippen LogP contribution >= 0.6 is 27.3 Å². The van der Waals surface area contributed by atoms with Crippen LogP contribution in [-0.2, 0) is 0 Å². The Morgan fingerprint density at radius 1 is 1.38 bits per heavy atom. The third-order valence-electron chi connectivity index (χ3n) is 2.57. The van der Waals surface area contributed by atoms with Crippen LogP contribution in [0.15, 0.2) is 26.4 Å². The lowest BCUT2D eigenvalue weighted by atomic mass is 10.1. The zero-order chi connectivity index (χ0) is 11.7. The molecule has 0 aromatic carbocycles. The fraction of sp³-hybridized carbons (Fsp3) is 0.333. The lowest BCUT2D eigenvalue weighted by Crippen LogP contribution is -2.17. The van der Waals surface area contributed by atoms with Gasteiger partial charge in [-0.1, -0.05) is 0 Å². The van der Waals surface area contributed by atoms with Gasteiger partial charge in [-0.15, -0.1) is 11.3 Å². The van der Waals surface area contributed by atoms with Gasteiger partial charge in [0, 0.05) is 4.88 Å². The molecular weight excluding hydrogens is 286 g/mol. The summed E-state index contributed by atoms with van der Waals surface area (Å²) < 4.78 is 6.84. The van der Waals surface area contributed by atoms with E-state index in [2.05, 4.69) is 34.2 Å². The van der Waals surface area contributed by atoms with Crippen molar-refractivity contribution in [3.05, 3.63) is 43.9 Å². The number of aryl methyl sites for hydroxylation is 2. The highest BCUT2D eigenvalue weighted by atomic mass is 79.9. The van der Waals surface area contributed by atoms with Gasteiger partial charge in [0.25, 0.3) is 0 Å². The summed E-state index contributed by atoms with van der Waals surface area (Å²) in [6.07, 6.45) is 0. The molecule has 0 fully saturated rings. The molecule has 4 heteroatoms. The van der Waals surface area contributed by atoms with Crippen LogP contribution in [0.5, 0.6) is 0 Å². The van der Waals surface area contributed by atoms with Crippen LogP contribution in [0.1, 0.15) is 28.0 Å². The third-order valence-corrected chi connectivity index (χ3v) is 4.14. The van der Waals surface area contributed by atoms with E-state index in [1.54, 1.807) is 11.3 Å². The number of halogens is 1. The molecule has 1 atom stereocenters.